The van der Waals surface area contributed by atoms with E-state index in [4.69, 9.17) is 0 Å². The van der Waals surface area contributed by atoms with Crippen molar-refractivity contribution in [3.05, 3.63) is 76.4 Å². The van der Waals surface area contributed by atoms with E-state index in [1.165, 1.54) is 6.08 Å². The van der Waals surface area contributed by atoms with Crippen LogP contribution >= 0.6 is 0 Å². The molecule has 4 atom stereocenters. The first-order chi connectivity index (χ1) is 17.7. The first-order valence-corrected chi connectivity index (χ1v) is 12.1. The molecule has 1 aliphatic heterocycles. The van der Waals surface area contributed by atoms with Crippen LogP contribution in [0.2, 0.25) is 0 Å². The highest BCUT2D eigenvalue weighted by molar-refractivity contribution is 6.24. The second kappa shape index (κ2) is 8.09. The minimum Gasteiger partial charge on any atom is -0.507 e. The molecule has 3 aliphatic carbocycles. The third kappa shape index (κ3) is 3.11. The van der Waals surface area contributed by atoms with Gasteiger partial charge in [-0.3, -0.25) is 19.2 Å². The highest BCUT2D eigenvalue weighted by Crippen LogP contribution is 2.56. The van der Waals surface area contributed by atoms with Crippen molar-refractivity contribution in [1.82, 2.24) is 4.90 Å². The van der Waals surface area contributed by atoms with Crippen LogP contribution in [0.1, 0.15) is 31.2 Å². The Morgan fingerprint density at radius 1 is 1.00 bits per heavy atom. The summed E-state index contributed by atoms with van der Waals surface area (Å²) in [6, 6.07) is 10.6. The Hall–Kier alpha value is -4.33. The van der Waals surface area contributed by atoms with Gasteiger partial charge in [0.05, 0.1) is 18.9 Å². The number of phenols is 1. The second-order valence-corrected chi connectivity index (χ2v) is 9.93. The van der Waals surface area contributed by atoms with Gasteiger partial charge in [0, 0.05) is 28.0 Å². The summed E-state index contributed by atoms with van der Waals surface area (Å²) in [5.74, 6) is -4.47. The fourth-order valence-electron chi connectivity index (χ4n) is 6.55. The van der Waals surface area contributed by atoms with Gasteiger partial charge in [-0.1, -0.05) is 42.0 Å². The number of amides is 3. The summed E-state index contributed by atoms with van der Waals surface area (Å²) in [5, 5.41) is 11.8. The molecule has 4 aliphatic rings. The van der Waals surface area contributed by atoms with Crippen molar-refractivity contribution in [1.29, 1.82) is 0 Å². The normalized spacial score (nSPS) is 27.0. The van der Waals surface area contributed by atoms with Crippen LogP contribution in [0, 0.1) is 17.8 Å². The average molecular weight is 498 g/mol. The van der Waals surface area contributed by atoms with Crippen LogP contribution in [-0.2, 0) is 23.9 Å². The van der Waals surface area contributed by atoms with E-state index in [1.54, 1.807) is 31.2 Å². The van der Waals surface area contributed by atoms with Gasteiger partial charge in [-0.25, -0.2) is 4.79 Å². The lowest BCUT2D eigenvalue weighted by atomic mass is 9.59. The van der Waals surface area contributed by atoms with Crippen LogP contribution in [0.25, 0.3) is 10.8 Å². The highest BCUT2D eigenvalue weighted by atomic mass is 16.5. The molecule has 0 radical (unpaired) electrons. The zero-order chi connectivity index (χ0) is 26.2. The number of nitrogens with zero attached hydrogens (tertiary/aromatic N) is 1. The largest absolute Gasteiger partial charge is 0.507 e. The second-order valence-electron chi connectivity index (χ2n) is 9.93. The number of Topliss-reactive ketones (excluding diaryl/α,β-unsaturated/α-hetero) is 1. The number of carbonyl (C=O) groups excluding carboxylic acids is 5. The van der Waals surface area contributed by atoms with Gasteiger partial charge in [0.25, 0.3) is 0 Å². The zero-order valence-electron chi connectivity index (χ0n) is 20.2. The lowest BCUT2D eigenvalue weighted by Gasteiger charge is -2.42. The molecule has 1 N–H and O–H groups in total. The number of hydrogen-bond acceptors (Lipinski definition) is 7. The molecule has 0 spiro atoms. The number of likely N-dealkylation sites (tertiary alicyclic amines) is 1. The third-order valence-electron chi connectivity index (χ3n) is 8.17. The average Bonchev–Trinajstić information content (AvgIpc) is 3.16. The van der Waals surface area contributed by atoms with Gasteiger partial charge in [0.15, 0.2) is 11.6 Å². The molecular weight excluding hydrogens is 474 g/mol. The maximum absolute atomic E-state index is 13.5. The SMILES string of the molecule is COC(=O)N1C(=O)C2CC=C3C(c4ccc(O)c5ccccc45)C4=C(CC3C2C1=O)C(=O)C=C(C)C4=O. The van der Waals surface area contributed by atoms with Gasteiger partial charge < -0.3 is 9.84 Å². The summed E-state index contributed by atoms with van der Waals surface area (Å²) in [4.78, 5) is 66.1. The summed E-state index contributed by atoms with van der Waals surface area (Å²) in [6.45, 7) is 1.61. The number of carbonyl (C=O) groups is 5. The Bertz CT molecular complexity index is 1560. The van der Waals surface area contributed by atoms with Gasteiger partial charge in [0.2, 0.25) is 11.8 Å². The zero-order valence-corrected chi connectivity index (χ0v) is 20.2. The molecule has 6 rings (SSSR count). The summed E-state index contributed by atoms with van der Waals surface area (Å²) in [5.41, 5.74) is 2.56. The number of methoxy groups -OCH3 is 1. The Labute approximate surface area is 211 Å². The van der Waals surface area contributed by atoms with Gasteiger partial charge in [-0.2, -0.15) is 4.90 Å². The van der Waals surface area contributed by atoms with Gasteiger partial charge >= 0.3 is 6.09 Å². The highest BCUT2D eigenvalue weighted by Gasteiger charge is 2.58. The number of rotatable bonds is 1. The van der Waals surface area contributed by atoms with Gasteiger partial charge in [0.1, 0.15) is 5.75 Å². The smallest absolute Gasteiger partial charge is 0.423 e. The van der Waals surface area contributed by atoms with Crippen molar-refractivity contribution in [2.24, 2.45) is 17.8 Å². The maximum atomic E-state index is 13.5. The number of allylic oxidation sites excluding steroid dienone is 6. The number of hydrogen-bond donors (Lipinski definition) is 1. The molecule has 2 aromatic rings. The van der Waals surface area contributed by atoms with Crippen molar-refractivity contribution in [3.63, 3.8) is 0 Å². The molecule has 186 valence electrons. The predicted molar refractivity (Wildman–Crippen MR) is 131 cm³/mol. The van der Waals surface area contributed by atoms with E-state index in [9.17, 15) is 29.1 Å². The number of imide groups is 3. The lowest BCUT2D eigenvalue weighted by Crippen LogP contribution is -2.40. The van der Waals surface area contributed by atoms with E-state index in [-0.39, 0.29) is 30.2 Å². The third-order valence-corrected chi connectivity index (χ3v) is 8.17. The molecule has 1 saturated heterocycles. The molecule has 0 saturated carbocycles. The van der Waals surface area contributed by atoms with Gasteiger partial charge in [-0.05, 0) is 48.8 Å². The topological polar surface area (TPSA) is 118 Å². The molecule has 8 nitrogen and oxygen atoms in total. The van der Waals surface area contributed by atoms with Crippen molar-refractivity contribution < 1.29 is 33.8 Å². The first kappa shape index (κ1) is 23.1. The van der Waals surface area contributed by atoms with Gasteiger partial charge in [-0.15, -0.1) is 0 Å². The molecule has 37 heavy (non-hydrogen) atoms. The monoisotopic (exact) mass is 497 g/mol. The van der Waals surface area contributed by atoms with Crippen LogP contribution in [0.15, 0.2) is 70.8 Å². The molecule has 0 bridgehead atoms. The van der Waals surface area contributed by atoms with Crippen molar-refractivity contribution in [3.8, 4) is 5.75 Å². The maximum Gasteiger partial charge on any atom is 0.423 e. The van der Waals surface area contributed by atoms with Crippen LogP contribution in [0.3, 0.4) is 0 Å². The van der Waals surface area contributed by atoms with Crippen molar-refractivity contribution in [2.45, 2.75) is 25.7 Å². The fourth-order valence-corrected chi connectivity index (χ4v) is 6.55. The number of aromatic hydroxyl groups is 1. The van der Waals surface area contributed by atoms with E-state index < -0.39 is 41.6 Å². The van der Waals surface area contributed by atoms with Crippen LogP contribution in [0.4, 0.5) is 4.79 Å². The molecule has 1 fully saturated rings. The first-order valence-electron chi connectivity index (χ1n) is 12.1. The Morgan fingerprint density at radius 3 is 2.46 bits per heavy atom. The van der Waals surface area contributed by atoms with Crippen LogP contribution < -0.4 is 0 Å². The number of ketones is 2. The Balaban J connectivity index is 1.58. The molecule has 1 heterocycles. The lowest BCUT2D eigenvalue weighted by molar-refractivity contribution is -0.137. The quantitative estimate of drug-likeness (QED) is 0.362. The fraction of sp³-hybridized carbons (Fsp3) is 0.276. The van der Waals surface area contributed by atoms with E-state index in [0.29, 0.717) is 27.0 Å². The molecule has 4 unspecified atom stereocenters. The van der Waals surface area contributed by atoms with Crippen molar-refractivity contribution >= 4 is 40.2 Å². The molecule has 8 heteroatoms. The minimum absolute atomic E-state index is 0.0889. The number of phenolic OH excluding ortho intramolecular Hbond substituents is 1. The number of benzene rings is 2. The molecule has 2 aromatic carbocycles. The van der Waals surface area contributed by atoms with E-state index in [0.717, 1.165) is 23.6 Å². The molecular formula is C29H23NO7. The van der Waals surface area contributed by atoms with Crippen LogP contribution in [-0.4, -0.2) is 46.6 Å². The minimum atomic E-state index is -1.02. The van der Waals surface area contributed by atoms with Crippen LogP contribution in [0.5, 0.6) is 5.75 Å². The standard InChI is InChI=1S/C29H23NO7/c1-13-11-22(32)20-12-19-17(7-8-18-24(19)28(35)30(27(18)34)29(36)37-2)23(25(20)26(13)33)16-9-10-21(31)15-6-4-3-5-14(15)16/h3-7,9-11,18-19,23-24,31H,8,12H2,1-2H3. The van der Waals surface area contributed by atoms with E-state index in [1.807, 2.05) is 18.2 Å². The Kier molecular flexibility index (Phi) is 5.05. The molecule has 3 amide bonds. The van der Waals surface area contributed by atoms with E-state index in [2.05, 4.69) is 4.74 Å². The summed E-state index contributed by atoms with van der Waals surface area (Å²) in [7, 11) is 1.11. The summed E-state index contributed by atoms with van der Waals surface area (Å²) >= 11 is 0. The Morgan fingerprint density at radius 2 is 1.73 bits per heavy atom. The van der Waals surface area contributed by atoms with E-state index >= 15 is 0 Å². The molecule has 0 aromatic heterocycles. The van der Waals surface area contributed by atoms with Crippen molar-refractivity contribution in [2.75, 3.05) is 7.11 Å². The predicted octanol–water partition coefficient (Wildman–Crippen LogP) is 3.74. The number of fused-ring (bicyclic) bond motifs is 4. The summed E-state index contributed by atoms with van der Waals surface area (Å²) in [6.07, 6.45) is 2.53. The number of ether oxygens (including phenoxy) is 1. The summed E-state index contributed by atoms with van der Waals surface area (Å²) < 4.78 is 4.68.